The number of nitrogens with zero attached hydrogens (tertiary/aromatic N) is 4. The second kappa shape index (κ2) is 6.79. The molecule has 4 nitrogen and oxygen atoms in total. The Bertz CT molecular complexity index is 844. The SMILES string of the molecule is Cc1ccccc1CN(C)c1nc(-c2ccccn2)nc(C)c1C. The van der Waals surface area contributed by atoms with E-state index in [1.807, 2.05) is 25.1 Å². The highest BCUT2D eigenvalue weighted by Gasteiger charge is 2.14. The van der Waals surface area contributed by atoms with Gasteiger partial charge in [-0.2, -0.15) is 0 Å². The van der Waals surface area contributed by atoms with Crippen LogP contribution in [0, 0.1) is 20.8 Å². The van der Waals surface area contributed by atoms with Crippen LogP contribution in [0.5, 0.6) is 0 Å². The standard InChI is InChI=1S/C20H22N4/c1-14-9-5-6-10-17(14)13-24(4)20-15(2)16(3)22-19(23-20)18-11-7-8-12-21-18/h5-12H,13H2,1-4H3. The van der Waals surface area contributed by atoms with Crippen LogP contribution in [0.3, 0.4) is 0 Å². The van der Waals surface area contributed by atoms with Crippen molar-refractivity contribution in [1.82, 2.24) is 15.0 Å². The summed E-state index contributed by atoms with van der Waals surface area (Å²) < 4.78 is 0. The Hall–Kier alpha value is -2.75. The third-order valence-electron chi connectivity index (χ3n) is 4.29. The number of aromatic nitrogens is 3. The van der Waals surface area contributed by atoms with Crippen molar-refractivity contribution in [1.29, 1.82) is 0 Å². The Morgan fingerprint density at radius 3 is 2.38 bits per heavy atom. The maximum absolute atomic E-state index is 4.78. The number of hydrogen-bond acceptors (Lipinski definition) is 4. The number of hydrogen-bond donors (Lipinski definition) is 0. The molecule has 0 aliphatic rings. The monoisotopic (exact) mass is 318 g/mol. The van der Waals surface area contributed by atoms with Gasteiger partial charge in [0.25, 0.3) is 0 Å². The lowest BCUT2D eigenvalue weighted by molar-refractivity contribution is 0.871. The van der Waals surface area contributed by atoms with Gasteiger partial charge >= 0.3 is 0 Å². The molecule has 0 saturated heterocycles. The second-order valence-electron chi connectivity index (χ2n) is 6.08. The Balaban J connectivity index is 1.98. The molecule has 0 aliphatic carbocycles. The van der Waals surface area contributed by atoms with Crippen LogP contribution in [0.1, 0.15) is 22.4 Å². The number of aryl methyl sites for hydroxylation is 2. The first kappa shape index (κ1) is 16.1. The molecule has 0 N–H and O–H groups in total. The highest BCUT2D eigenvalue weighted by Crippen LogP contribution is 2.24. The molecular weight excluding hydrogens is 296 g/mol. The average Bonchev–Trinajstić information content (AvgIpc) is 2.60. The van der Waals surface area contributed by atoms with Crippen LogP contribution in [0.15, 0.2) is 48.7 Å². The fraction of sp³-hybridized carbons (Fsp3) is 0.250. The Morgan fingerprint density at radius 1 is 0.917 bits per heavy atom. The van der Waals surface area contributed by atoms with E-state index in [9.17, 15) is 0 Å². The minimum atomic E-state index is 0.672. The summed E-state index contributed by atoms with van der Waals surface area (Å²) in [5.41, 5.74) is 5.47. The van der Waals surface area contributed by atoms with Crippen LogP contribution in [-0.2, 0) is 6.54 Å². The minimum absolute atomic E-state index is 0.672. The summed E-state index contributed by atoms with van der Waals surface area (Å²) in [5.74, 6) is 1.62. The quantitative estimate of drug-likeness (QED) is 0.726. The van der Waals surface area contributed by atoms with Crippen molar-refractivity contribution < 1.29 is 0 Å². The first-order valence-electron chi connectivity index (χ1n) is 8.08. The molecular formula is C20H22N4. The smallest absolute Gasteiger partial charge is 0.180 e. The summed E-state index contributed by atoms with van der Waals surface area (Å²) in [6, 6.07) is 14.2. The van der Waals surface area contributed by atoms with Crippen LogP contribution in [0.25, 0.3) is 11.5 Å². The van der Waals surface area contributed by atoms with Crippen molar-refractivity contribution in [3.8, 4) is 11.5 Å². The third kappa shape index (κ3) is 3.27. The van der Waals surface area contributed by atoms with Gasteiger partial charge in [-0.25, -0.2) is 9.97 Å². The Labute approximate surface area is 143 Å². The van der Waals surface area contributed by atoms with Gasteiger partial charge in [0.05, 0.1) is 0 Å². The van der Waals surface area contributed by atoms with E-state index in [0.29, 0.717) is 5.82 Å². The maximum atomic E-state index is 4.78. The van der Waals surface area contributed by atoms with Gasteiger partial charge in [0.1, 0.15) is 11.5 Å². The second-order valence-corrected chi connectivity index (χ2v) is 6.08. The van der Waals surface area contributed by atoms with Crippen molar-refractivity contribution in [3.05, 3.63) is 71.0 Å². The summed E-state index contributed by atoms with van der Waals surface area (Å²) in [5, 5.41) is 0. The zero-order chi connectivity index (χ0) is 17.1. The van der Waals surface area contributed by atoms with Gasteiger partial charge in [-0.15, -0.1) is 0 Å². The number of pyridine rings is 1. The van der Waals surface area contributed by atoms with E-state index in [1.54, 1.807) is 6.20 Å². The van der Waals surface area contributed by atoms with Gasteiger partial charge in [-0.3, -0.25) is 4.98 Å². The topological polar surface area (TPSA) is 41.9 Å². The molecule has 0 radical (unpaired) electrons. The first-order valence-corrected chi connectivity index (χ1v) is 8.08. The molecule has 24 heavy (non-hydrogen) atoms. The first-order chi connectivity index (χ1) is 11.6. The number of rotatable bonds is 4. The predicted molar refractivity (Wildman–Crippen MR) is 98.0 cm³/mol. The number of anilines is 1. The van der Waals surface area contributed by atoms with Gasteiger partial charge in [0.2, 0.25) is 0 Å². The zero-order valence-electron chi connectivity index (χ0n) is 14.6. The van der Waals surface area contributed by atoms with E-state index in [2.05, 4.69) is 60.0 Å². The summed E-state index contributed by atoms with van der Waals surface area (Å²) >= 11 is 0. The van der Waals surface area contributed by atoms with Crippen molar-refractivity contribution >= 4 is 5.82 Å². The molecule has 0 amide bonds. The van der Waals surface area contributed by atoms with E-state index in [1.165, 1.54) is 11.1 Å². The Morgan fingerprint density at radius 2 is 1.67 bits per heavy atom. The van der Waals surface area contributed by atoms with Crippen LogP contribution < -0.4 is 4.90 Å². The van der Waals surface area contributed by atoms with Gasteiger partial charge in [0, 0.05) is 31.0 Å². The molecule has 0 atom stereocenters. The van der Waals surface area contributed by atoms with Gasteiger partial charge < -0.3 is 4.90 Å². The fourth-order valence-electron chi connectivity index (χ4n) is 2.71. The van der Waals surface area contributed by atoms with Gasteiger partial charge in [0.15, 0.2) is 5.82 Å². The summed E-state index contributed by atoms with van der Waals surface area (Å²) in [4.78, 5) is 15.9. The molecule has 0 spiro atoms. The van der Waals surface area contributed by atoms with Crippen LogP contribution in [-0.4, -0.2) is 22.0 Å². The molecule has 1 aromatic carbocycles. The molecule has 3 rings (SSSR count). The Kier molecular flexibility index (Phi) is 4.56. The van der Waals surface area contributed by atoms with Crippen molar-refractivity contribution in [3.63, 3.8) is 0 Å². The highest BCUT2D eigenvalue weighted by atomic mass is 15.2. The number of benzene rings is 1. The normalized spacial score (nSPS) is 10.7. The highest BCUT2D eigenvalue weighted by molar-refractivity contribution is 5.57. The average molecular weight is 318 g/mol. The van der Waals surface area contributed by atoms with Crippen molar-refractivity contribution in [2.24, 2.45) is 0 Å². The molecule has 2 aromatic heterocycles. The largest absolute Gasteiger partial charge is 0.355 e. The minimum Gasteiger partial charge on any atom is -0.355 e. The molecule has 0 bridgehead atoms. The molecule has 3 aromatic rings. The molecule has 0 unspecified atom stereocenters. The molecule has 122 valence electrons. The zero-order valence-corrected chi connectivity index (χ0v) is 14.6. The molecule has 0 fully saturated rings. The van der Waals surface area contributed by atoms with E-state index >= 15 is 0 Å². The van der Waals surface area contributed by atoms with Crippen molar-refractivity contribution in [2.45, 2.75) is 27.3 Å². The van der Waals surface area contributed by atoms with E-state index in [0.717, 1.165) is 29.3 Å². The molecule has 2 heterocycles. The maximum Gasteiger partial charge on any atom is 0.180 e. The van der Waals surface area contributed by atoms with E-state index < -0.39 is 0 Å². The van der Waals surface area contributed by atoms with E-state index in [-0.39, 0.29) is 0 Å². The van der Waals surface area contributed by atoms with Crippen molar-refractivity contribution in [2.75, 3.05) is 11.9 Å². The molecule has 4 heteroatoms. The van der Waals surface area contributed by atoms with E-state index in [4.69, 9.17) is 4.98 Å². The molecule has 0 aliphatic heterocycles. The van der Waals surface area contributed by atoms with Gasteiger partial charge in [-0.05, 0) is 44.0 Å². The van der Waals surface area contributed by atoms with Gasteiger partial charge in [-0.1, -0.05) is 30.3 Å². The lowest BCUT2D eigenvalue weighted by Gasteiger charge is -2.22. The summed E-state index contributed by atoms with van der Waals surface area (Å²) in [6.45, 7) is 7.04. The fourth-order valence-corrected chi connectivity index (χ4v) is 2.71. The predicted octanol–water partition coefficient (Wildman–Crippen LogP) is 4.10. The summed E-state index contributed by atoms with van der Waals surface area (Å²) in [6.07, 6.45) is 1.77. The third-order valence-corrected chi connectivity index (χ3v) is 4.29. The molecule has 0 saturated carbocycles. The summed E-state index contributed by atoms with van der Waals surface area (Å²) in [7, 11) is 2.07. The van der Waals surface area contributed by atoms with Crippen LogP contribution >= 0.6 is 0 Å². The van der Waals surface area contributed by atoms with Crippen LogP contribution in [0.4, 0.5) is 5.82 Å². The van der Waals surface area contributed by atoms with Crippen LogP contribution in [0.2, 0.25) is 0 Å². The lowest BCUT2D eigenvalue weighted by atomic mass is 10.1. The lowest BCUT2D eigenvalue weighted by Crippen LogP contribution is -2.20.